The Morgan fingerprint density at radius 1 is 1.07 bits per heavy atom. The van der Waals surface area contributed by atoms with Crippen molar-refractivity contribution in [1.29, 1.82) is 0 Å². The van der Waals surface area contributed by atoms with E-state index in [9.17, 15) is 9.59 Å². The molecule has 0 saturated carbocycles. The first-order valence-electron chi connectivity index (χ1n) is 9.12. The number of allylic oxidation sites excluding steroid dienone is 2. The van der Waals surface area contributed by atoms with Gasteiger partial charge in [-0.3, -0.25) is 24.8 Å². The van der Waals surface area contributed by atoms with E-state index in [2.05, 4.69) is 34.3 Å². The molecule has 0 fully saturated rings. The number of hydrogen-bond acceptors (Lipinski definition) is 4. The Bertz CT molecular complexity index is 1180. The van der Waals surface area contributed by atoms with Crippen molar-refractivity contribution in [2.75, 3.05) is 5.32 Å². The Hall–Kier alpha value is -3.15. The third-order valence-electron chi connectivity index (χ3n) is 5.58. The number of benzene rings is 1. The number of rotatable bonds is 1. The topological polar surface area (TPSA) is 90.6 Å². The molecule has 1 aliphatic carbocycles. The number of Topliss-reactive ketones (excluding diaryl/α,β-unsaturated/α-hetero) is 1. The molecular weight excluding hydrogens is 340 g/mol. The van der Waals surface area contributed by atoms with E-state index in [0.717, 1.165) is 28.6 Å². The zero-order valence-corrected chi connectivity index (χ0v) is 15.2. The Morgan fingerprint density at radius 3 is 2.74 bits per heavy atom. The number of para-hydroxylation sites is 1. The minimum absolute atomic E-state index is 0.103. The summed E-state index contributed by atoms with van der Waals surface area (Å²) in [5, 5.41) is 9.89. The van der Waals surface area contributed by atoms with Gasteiger partial charge in [-0.2, -0.15) is 0 Å². The van der Waals surface area contributed by atoms with Crippen LogP contribution >= 0.6 is 0 Å². The molecule has 1 aliphatic heterocycles. The van der Waals surface area contributed by atoms with Crippen molar-refractivity contribution in [2.24, 2.45) is 5.41 Å². The van der Waals surface area contributed by atoms with Gasteiger partial charge in [-0.1, -0.05) is 32.0 Å². The van der Waals surface area contributed by atoms with Gasteiger partial charge >= 0.3 is 0 Å². The van der Waals surface area contributed by atoms with Crippen molar-refractivity contribution < 1.29 is 4.79 Å². The Labute approximate surface area is 155 Å². The van der Waals surface area contributed by atoms with Gasteiger partial charge in [0, 0.05) is 35.2 Å². The number of ketones is 1. The van der Waals surface area contributed by atoms with Crippen LogP contribution < -0.4 is 10.9 Å². The molecule has 0 unspecified atom stereocenters. The minimum atomic E-state index is -0.400. The molecule has 2 aromatic heterocycles. The quantitative estimate of drug-likeness (QED) is 0.620. The van der Waals surface area contributed by atoms with Crippen LogP contribution in [0.3, 0.4) is 0 Å². The smallest absolute Gasteiger partial charge is 0.270 e. The summed E-state index contributed by atoms with van der Waals surface area (Å²) in [6, 6.07) is 9.76. The molecule has 6 heteroatoms. The summed E-state index contributed by atoms with van der Waals surface area (Å²) in [6.45, 7) is 4.20. The molecule has 5 rings (SSSR count). The van der Waals surface area contributed by atoms with E-state index in [1.165, 1.54) is 0 Å². The highest BCUT2D eigenvalue weighted by molar-refractivity contribution is 6.02. The maximum absolute atomic E-state index is 13.2. The van der Waals surface area contributed by atoms with Crippen molar-refractivity contribution >= 4 is 22.5 Å². The summed E-state index contributed by atoms with van der Waals surface area (Å²) in [5.41, 5.74) is 3.67. The van der Waals surface area contributed by atoms with Gasteiger partial charge in [0.1, 0.15) is 5.82 Å². The number of nitrogens with one attached hydrogen (secondary N) is 3. The fraction of sp³-hybridized carbons (Fsp3) is 0.286. The fourth-order valence-electron chi connectivity index (χ4n) is 4.50. The lowest BCUT2D eigenvalue weighted by Crippen LogP contribution is -2.35. The number of carbonyl (C=O) groups is 1. The Balaban J connectivity index is 1.83. The van der Waals surface area contributed by atoms with Crippen LogP contribution in [0.15, 0.2) is 52.6 Å². The van der Waals surface area contributed by atoms with Gasteiger partial charge in [-0.25, -0.2) is 0 Å². The summed E-state index contributed by atoms with van der Waals surface area (Å²) in [7, 11) is 0. The lowest BCUT2D eigenvalue weighted by molar-refractivity contribution is -0.118. The van der Waals surface area contributed by atoms with Crippen LogP contribution in [0.25, 0.3) is 10.9 Å². The highest BCUT2D eigenvalue weighted by atomic mass is 16.1. The van der Waals surface area contributed by atoms with E-state index in [-0.39, 0.29) is 16.8 Å². The highest BCUT2D eigenvalue weighted by Gasteiger charge is 2.42. The van der Waals surface area contributed by atoms with Crippen LogP contribution in [0.4, 0.5) is 5.82 Å². The second-order valence-corrected chi connectivity index (χ2v) is 8.18. The molecule has 1 atom stereocenters. The monoisotopic (exact) mass is 360 g/mol. The molecule has 6 nitrogen and oxygen atoms in total. The van der Waals surface area contributed by atoms with Gasteiger partial charge in [0.25, 0.3) is 5.56 Å². The molecule has 0 spiro atoms. The first-order chi connectivity index (χ1) is 12.9. The van der Waals surface area contributed by atoms with Crippen LogP contribution in [0.5, 0.6) is 0 Å². The molecule has 0 amide bonds. The number of pyridine rings is 1. The number of aromatic nitrogens is 3. The Kier molecular flexibility index (Phi) is 3.22. The van der Waals surface area contributed by atoms with E-state index in [0.29, 0.717) is 23.4 Å². The second-order valence-electron chi connectivity index (χ2n) is 8.18. The van der Waals surface area contributed by atoms with E-state index < -0.39 is 5.92 Å². The fourth-order valence-corrected chi connectivity index (χ4v) is 4.50. The van der Waals surface area contributed by atoms with Gasteiger partial charge < -0.3 is 5.32 Å². The van der Waals surface area contributed by atoms with Crippen LogP contribution in [-0.2, 0) is 4.79 Å². The summed E-state index contributed by atoms with van der Waals surface area (Å²) in [4.78, 5) is 30.2. The predicted octanol–water partition coefficient (Wildman–Crippen LogP) is 3.45. The molecule has 27 heavy (non-hydrogen) atoms. The third-order valence-corrected chi connectivity index (χ3v) is 5.58. The molecule has 0 saturated heterocycles. The van der Waals surface area contributed by atoms with Crippen molar-refractivity contribution in [2.45, 2.75) is 32.6 Å². The van der Waals surface area contributed by atoms with Gasteiger partial charge in [0.2, 0.25) is 0 Å². The minimum Gasteiger partial charge on any atom is -0.343 e. The van der Waals surface area contributed by atoms with Crippen molar-refractivity contribution in [3.63, 3.8) is 0 Å². The summed E-state index contributed by atoms with van der Waals surface area (Å²) >= 11 is 0. The number of fused-ring (bicyclic) bond motifs is 2. The highest BCUT2D eigenvalue weighted by Crippen LogP contribution is 2.48. The number of anilines is 1. The van der Waals surface area contributed by atoms with Crippen LogP contribution in [0.1, 0.15) is 43.7 Å². The predicted molar refractivity (Wildman–Crippen MR) is 104 cm³/mol. The second kappa shape index (κ2) is 5.42. The van der Waals surface area contributed by atoms with Crippen LogP contribution in [-0.4, -0.2) is 21.0 Å². The van der Waals surface area contributed by atoms with Gasteiger partial charge in [0.05, 0.1) is 11.1 Å². The van der Waals surface area contributed by atoms with E-state index in [1.807, 2.05) is 30.3 Å². The average Bonchev–Trinajstić information content (AvgIpc) is 2.99. The maximum Gasteiger partial charge on any atom is 0.270 e. The summed E-state index contributed by atoms with van der Waals surface area (Å²) in [6.07, 6.45) is 2.99. The number of carbonyl (C=O) groups excluding carboxylic acids is 1. The molecular formula is C21H20N4O2. The summed E-state index contributed by atoms with van der Waals surface area (Å²) < 4.78 is 0. The zero-order chi connectivity index (χ0) is 18.8. The maximum atomic E-state index is 13.2. The first kappa shape index (κ1) is 16.1. The SMILES string of the molecule is CC1(C)CC(=O)C2=C(C1)Nc1[nH][nH]c(=O)c1[C@@H]2c1ccnc2ccccc12. The summed E-state index contributed by atoms with van der Waals surface area (Å²) in [5.74, 6) is 0.351. The number of H-pyrrole nitrogens is 2. The molecule has 1 aromatic carbocycles. The van der Waals surface area contributed by atoms with Crippen LogP contribution in [0.2, 0.25) is 0 Å². The lowest BCUT2D eigenvalue weighted by Gasteiger charge is -2.38. The van der Waals surface area contributed by atoms with E-state index >= 15 is 0 Å². The van der Waals surface area contributed by atoms with Gasteiger partial charge in [-0.05, 0) is 29.5 Å². The van der Waals surface area contributed by atoms with E-state index in [1.54, 1.807) is 6.20 Å². The van der Waals surface area contributed by atoms with E-state index in [4.69, 9.17) is 0 Å². The zero-order valence-electron chi connectivity index (χ0n) is 15.2. The average molecular weight is 360 g/mol. The van der Waals surface area contributed by atoms with Gasteiger partial charge in [0.15, 0.2) is 5.78 Å². The number of nitrogens with zero attached hydrogens (tertiary/aromatic N) is 1. The third kappa shape index (κ3) is 2.36. The van der Waals surface area contributed by atoms with Gasteiger partial charge in [-0.15, -0.1) is 0 Å². The van der Waals surface area contributed by atoms with Crippen molar-refractivity contribution in [1.82, 2.24) is 15.2 Å². The molecule has 0 radical (unpaired) electrons. The lowest BCUT2D eigenvalue weighted by atomic mass is 9.69. The normalized spacial score (nSPS) is 21.0. The number of aromatic amines is 2. The first-order valence-corrected chi connectivity index (χ1v) is 9.12. The molecule has 3 N–H and O–H groups in total. The Morgan fingerprint density at radius 2 is 1.89 bits per heavy atom. The number of hydrogen-bond donors (Lipinski definition) is 3. The van der Waals surface area contributed by atoms with Crippen molar-refractivity contribution in [3.8, 4) is 0 Å². The van der Waals surface area contributed by atoms with Crippen LogP contribution in [0, 0.1) is 5.41 Å². The molecule has 3 aromatic rings. The largest absolute Gasteiger partial charge is 0.343 e. The van der Waals surface area contributed by atoms with Crippen molar-refractivity contribution in [3.05, 3.63) is 69.3 Å². The molecule has 2 aliphatic rings. The molecule has 0 bridgehead atoms. The molecule has 136 valence electrons. The standard InChI is InChI=1S/C21H20N4O2/c1-21(2)9-14-17(15(26)10-21)16(18-19(23-14)24-25-20(18)27)12-7-8-22-13-6-4-3-5-11(12)13/h3-8,16H,9-10H2,1-2H3,(H3,23,24,25,27)/t16-/m1/s1. The molecule has 3 heterocycles.